The van der Waals surface area contributed by atoms with Gasteiger partial charge in [0.15, 0.2) is 0 Å². The molecule has 0 saturated heterocycles. The Balaban J connectivity index is 2.48. The molecule has 0 saturated carbocycles. The summed E-state index contributed by atoms with van der Waals surface area (Å²) in [5.74, 6) is 0.136. The zero-order valence-corrected chi connectivity index (χ0v) is 12.8. The average Bonchev–Trinajstić information content (AvgIpc) is 2.43. The molecule has 19 heavy (non-hydrogen) atoms. The Morgan fingerprint density at radius 3 is 2.53 bits per heavy atom. The van der Waals surface area contributed by atoms with Gasteiger partial charge in [-0.05, 0) is 61.7 Å². The van der Waals surface area contributed by atoms with E-state index >= 15 is 0 Å². The van der Waals surface area contributed by atoms with Crippen LogP contribution < -0.4 is 0 Å². The molecular weight excluding hydrogens is 372 g/mol. The number of aromatic nitrogens is 1. The Labute approximate surface area is 127 Å². The molecule has 0 bridgehead atoms. The number of aromatic hydroxyl groups is 1. The number of nitriles is 1. The maximum Gasteiger partial charge on any atom is 0.143 e. The molecule has 5 heteroatoms. The standard InChI is InChI=1S/C14H8Br2N2O/c15-12-5-9(6-13(16)14(12)19)4-11(7-17)10-2-1-3-18-8-10/h1-6,8,19H/b11-4+. The van der Waals surface area contributed by atoms with Crippen molar-refractivity contribution in [2.75, 3.05) is 0 Å². The molecule has 0 aliphatic rings. The van der Waals surface area contributed by atoms with Gasteiger partial charge in [0.05, 0.1) is 20.6 Å². The molecule has 0 amide bonds. The molecule has 0 radical (unpaired) electrons. The molecule has 0 atom stereocenters. The second kappa shape index (κ2) is 6.00. The molecule has 0 fully saturated rings. The number of pyridine rings is 1. The van der Waals surface area contributed by atoms with E-state index in [1.54, 1.807) is 36.7 Å². The van der Waals surface area contributed by atoms with E-state index in [1.807, 2.05) is 6.07 Å². The van der Waals surface area contributed by atoms with Crippen LogP contribution in [-0.2, 0) is 0 Å². The second-order valence-electron chi connectivity index (χ2n) is 3.74. The number of phenolic OH excluding ortho intramolecular Hbond substituents is 1. The van der Waals surface area contributed by atoms with Crippen molar-refractivity contribution in [1.82, 2.24) is 4.98 Å². The van der Waals surface area contributed by atoms with Crippen molar-refractivity contribution in [1.29, 1.82) is 5.26 Å². The van der Waals surface area contributed by atoms with Crippen molar-refractivity contribution in [2.24, 2.45) is 0 Å². The number of nitrogens with zero attached hydrogens (tertiary/aromatic N) is 2. The quantitative estimate of drug-likeness (QED) is 0.788. The molecule has 1 heterocycles. The monoisotopic (exact) mass is 378 g/mol. The van der Waals surface area contributed by atoms with Crippen molar-refractivity contribution in [3.63, 3.8) is 0 Å². The Morgan fingerprint density at radius 1 is 1.32 bits per heavy atom. The molecule has 2 aromatic rings. The Morgan fingerprint density at radius 2 is 2.00 bits per heavy atom. The maximum absolute atomic E-state index is 9.65. The number of benzene rings is 1. The minimum absolute atomic E-state index is 0.136. The van der Waals surface area contributed by atoms with Crippen molar-refractivity contribution in [2.45, 2.75) is 0 Å². The van der Waals surface area contributed by atoms with Crippen LogP contribution in [0.2, 0.25) is 0 Å². The van der Waals surface area contributed by atoms with Gasteiger partial charge in [0.2, 0.25) is 0 Å². The molecule has 1 N–H and O–H groups in total. The van der Waals surface area contributed by atoms with Crippen LogP contribution in [0.3, 0.4) is 0 Å². The lowest BCUT2D eigenvalue weighted by Crippen LogP contribution is -1.84. The number of hydrogen-bond acceptors (Lipinski definition) is 3. The summed E-state index contributed by atoms with van der Waals surface area (Å²) < 4.78 is 1.13. The van der Waals surface area contributed by atoms with Gasteiger partial charge in [-0.2, -0.15) is 5.26 Å². The number of rotatable bonds is 2. The van der Waals surface area contributed by atoms with Crippen LogP contribution in [0, 0.1) is 11.3 Å². The lowest BCUT2D eigenvalue weighted by molar-refractivity contribution is 0.468. The molecule has 0 spiro atoms. The molecule has 2 rings (SSSR count). The minimum Gasteiger partial charge on any atom is -0.506 e. The number of allylic oxidation sites excluding steroid dienone is 1. The van der Waals surface area contributed by atoms with Crippen LogP contribution >= 0.6 is 31.9 Å². The Bertz CT molecular complexity index is 653. The van der Waals surface area contributed by atoms with E-state index in [-0.39, 0.29) is 5.75 Å². The number of phenols is 1. The van der Waals surface area contributed by atoms with Gasteiger partial charge in [-0.1, -0.05) is 6.07 Å². The van der Waals surface area contributed by atoms with Crippen molar-refractivity contribution in [3.05, 3.63) is 56.7 Å². The molecular formula is C14H8Br2N2O. The summed E-state index contributed by atoms with van der Waals surface area (Å²) in [6.07, 6.45) is 5.04. The molecule has 0 aliphatic heterocycles. The van der Waals surface area contributed by atoms with E-state index in [4.69, 9.17) is 0 Å². The summed E-state index contributed by atoms with van der Waals surface area (Å²) in [6.45, 7) is 0. The molecule has 3 nitrogen and oxygen atoms in total. The van der Waals surface area contributed by atoms with E-state index < -0.39 is 0 Å². The molecule has 0 unspecified atom stereocenters. The van der Waals surface area contributed by atoms with Gasteiger partial charge in [-0.25, -0.2) is 0 Å². The van der Waals surface area contributed by atoms with Crippen LogP contribution in [-0.4, -0.2) is 10.1 Å². The lowest BCUT2D eigenvalue weighted by atomic mass is 10.1. The summed E-state index contributed by atoms with van der Waals surface area (Å²) in [5.41, 5.74) is 2.07. The van der Waals surface area contributed by atoms with E-state index in [2.05, 4.69) is 42.9 Å². The smallest absolute Gasteiger partial charge is 0.143 e. The Hall–Kier alpha value is -1.64. The van der Waals surface area contributed by atoms with Crippen LogP contribution in [0.1, 0.15) is 11.1 Å². The lowest BCUT2D eigenvalue weighted by Gasteiger charge is -2.03. The maximum atomic E-state index is 9.65. The zero-order valence-electron chi connectivity index (χ0n) is 9.64. The molecule has 0 aliphatic carbocycles. The summed E-state index contributed by atoms with van der Waals surface area (Å²) in [6, 6.07) is 9.24. The third-order valence-electron chi connectivity index (χ3n) is 2.44. The summed E-state index contributed by atoms with van der Waals surface area (Å²) >= 11 is 6.52. The third-order valence-corrected chi connectivity index (χ3v) is 3.65. The molecule has 1 aromatic heterocycles. The largest absolute Gasteiger partial charge is 0.506 e. The first-order chi connectivity index (χ1) is 9.11. The molecule has 94 valence electrons. The van der Waals surface area contributed by atoms with Gasteiger partial charge in [-0.3, -0.25) is 4.98 Å². The van der Waals surface area contributed by atoms with Gasteiger partial charge >= 0.3 is 0 Å². The van der Waals surface area contributed by atoms with E-state index in [0.29, 0.717) is 14.5 Å². The van der Waals surface area contributed by atoms with E-state index in [9.17, 15) is 10.4 Å². The second-order valence-corrected chi connectivity index (χ2v) is 5.45. The van der Waals surface area contributed by atoms with Gasteiger partial charge in [0.25, 0.3) is 0 Å². The average molecular weight is 380 g/mol. The SMILES string of the molecule is N#C/C(=C\c1cc(Br)c(O)c(Br)c1)c1cccnc1. The fraction of sp³-hybridized carbons (Fsp3) is 0. The number of hydrogen-bond donors (Lipinski definition) is 1. The predicted molar refractivity (Wildman–Crippen MR) is 81.2 cm³/mol. The summed E-state index contributed by atoms with van der Waals surface area (Å²) in [4.78, 5) is 3.99. The summed E-state index contributed by atoms with van der Waals surface area (Å²) in [7, 11) is 0. The zero-order chi connectivity index (χ0) is 13.8. The first kappa shape index (κ1) is 13.8. The third kappa shape index (κ3) is 3.22. The minimum atomic E-state index is 0.136. The first-order valence-corrected chi connectivity index (χ1v) is 6.90. The van der Waals surface area contributed by atoms with Gasteiger partial charge in [0, 0.05) is 18.0 Å². The highest BCUT2D eigenvalue weighted by molar-refractivity contribution is 9.11. The fourth-order valence-corrected chi connectivity index (χ4v) is 2.76. The van der Waals surface area contributed by atoms with Crippen LogP contribution in [0.25, 0.3) is 11.6 Å². The van der Waals surface area contributed by atoms with Crippen molar-refractivity contribution in [3.8, 4) is 11.8 Å². The highest BCUT2D eigenvalue weighted by Gasteiger charge is 2.06. The molecule has 1 aromatic carbocycles. The first-order valence-electron chi connectivity index (χ1n) is 5.32. The van der Waals surface area contributed by atoms with E-state index in [0.717, 1.165) is 11.1 Å². The van der Waals surface area contributed by atoms with Crippen molar-refractivity contribution >= 4 is 43.5 Å². The number of halogens is 2. The predicted octanol–water partition coefficient (Wildman–Crippen LogP) is 4.38. The van der Waals surface area contributed by atoms with Gasteiger partial charge in [0.1, 0.15) is 5.75 Å². The normalized spacial score (nSPS) is 11.1. The van der Waals surface area contributed by atoms with Gasteiger partial charge < -0.3 is 5.11 Å². The van der Waals surface area contributed by atoms with Crippen LogP contribution in [0.4, 0.5) is 0 Å². The highest BCUT2D eigenvalue weighted by Crippen LogP contribution is 2.34. The fourth-order valence-electron chi connectivity index (χ4n) is 1.54. The highest BCUT2D eigenvalue weighted by atomic mass is 79.9. The topological polar surface area (TPSA) is 56.9 Å². The van der Waals surface area contributed by atoms with Crippen molar-refractivity contribution < 1.29 is 5.11 Å². The van der Waals surface area contributed by atoms with E-state index in [1.165, 1.54) is 0 Å². The Kier molecular flexibility index (Phi) is 4.35. The summed E-state index contributed by atoms with van der Waals surface area (Å²) in [5, 5.41) is 18.9. The van der Waals surface area contributed by atoms with Gasteiger partial charge in [-0.15, -0.1) is 0 Å². The van der Waals surface area contributed by atoms with Crippen LogP contribution in [0.5, 0.6) is 5.75 Å². The van der Waals surface area contributed by atoms with Crippen LogP contribution in [0.15, 0.2) is 45.6 Å².